The Kier molecular flexibility index (Phi) is 4.34. The summed E-state index contributed by atoms with van der Waals surface area (Å²) in [7, 11) is -4.24. The Bertz CT molecular complexity index is 712. The summed E-state index contributed by atoms with van der Waals surface area (Å²) >= 11 is 0. The molecule has 0 bridgehead atoms. The van der Waals surface area contributed by atoms with E-state index in [9.17, 15) is 21.6 Å². The quantitative estimate of drug-likeness (QED) is 0.942. The van der Waals surface area contributed by atoms with E-state index in [0.717, 1.165) is 0 Å². The van der Waals surface area contributed by atoms with Crippen molar-refractivity contribution in [3.8, 4) is 11.1 Å². The first kappa shape index (κ1) is 15.5. The molecule has 0 aliphatic rings. The van der Waals surface area contributed by atoms with Gasteiger partial charge in [0.25, 0.3) is 0 Å². The van der Waals surface area contributed by atoms with Crippen LogP contribution >= 0.6 is 0 Å². The first-order chi connectivity index (χ1) is 9.80. The van der Waals surface area contributed by atoms with Gasteiger partial charge in [0.15, 0.2) is 0 Å². The van der Waals surface area contributed by atoms with Gasteiger partial charge in [-0.05, 0) is 11.6 Å². The maximum absolute atomic E-state index is 12.2. The molecule has 0 spiro atoms. The highest BCUT2D eigenvalue weighted by molar-refractivity contribution is 7.89. The average molecular weight is 315 g/mol. The molecule has 21 heavy (non-hydrogen) atoms. The number of alkyl halides is 3. The van der Waals surface area contributed by atoms with E-state index >= 15 is 0 Å². The van der Waals surface area contributed by atoms with Gasteiger partial charge in [0.1, 0.15) is 6.54 Å². The van der Waals surface area contributed by atoms with Gasteiger partial charge in [-0.25, -0.2) is 13.1 Å². The van der Waals surface area contributed by atoms with Gasteiger partial charge in [-0.1, -0.05) is 48.5 Å². The van der Waals surface area contributed by atoms with Gasteiger partial charge in [0, 0.05) is 5.56 Å². The summed E-state index contributed by atoms with van der Waals surface area (Å²) in [5, 5.41) is 0. The van der Waals surface area contributed by atoms with E-state index in [2.05, 4.69) is 0 Å². The van der Waals surface area contributed by atoms with Crippen LogP contribution in [-0.4, -0.2) is 21.1 Å². The van der Waals surface area contributed by atoms with E-state index in [0.29, 0.717) is 11.1 Å². The van der Waals surface area contributed by atoms with E-state index in [1.807, 2.05) is 0 Å². The van der Waals surface area contributed by atoms with Crippen LogP contribution in [-0.2, 0) is 10.0 Å². The van der Waals surface area contributed by atoms with Gasteiger partial charge in [-0.2, -0.15) is 13.2 Å². The van der Waals surface area contributed by atoms with E-state index in [-0.39, 0.29) is 4.90 Å². The summed E-state index contributed by atoms with van der Waals surface area (Å²) < 4.78 is 62.3. The third-order valence-electron chi connectivity index (χ3n) is 2.72. The van der Waals surface area contributed by atoms with Gasteiger partial charge in [-0.3, -0.25) is 0 Å². The molecule has 0 unspecified atom stereocenters. The number of hydrogen-bond acceptors (Lipinski definition) is 2. The Balaban J connectivity index is 2.41. The van der Waals surface area contributed by atoms with Crippen LogP contribution in [0.1, 0.15) is 0 Å². The molecule has 3 nitrogen and oxygen atoms in total. The number of sulfonamides is 1. The summed E-state index contributed by atoms with van der Waals surface area (Å²) in [6.45, 7) is -1.60. The molecule has 2 aromatic rings. The summed E-state index contributed by atoms with van der Waals surface area (Å²) in [5.74, 6) is 0. The maximum atomic E-state index is 12.2. The normalized spacial score (nSPS) is 12.3. The second kappa shape index (κ2) is 5.87. The molecular formula is C14H12F3NO2S. The van der Waals surface area contributed by atoms with Gasteiger partial charge in [0.2, 0.25) is 10.0 Å². The Labute approximate surface area is 120 Å². The fraction of sp³-hybridized carbons (Fsp3) is 0.143. The first-order valence-corrected chi connectivity index (χ1v) is 7.49. The van der Waals surface area contributed by atoms with Gasteiger partial charge < -0.3 is 0 Å². The number of nitrogens with one attached hydrogen (secondary N) is 1. The molecule has 0 amide bonds. The van der Waals surface area contributed by atoms with Crippen molar-refractivity contribution < 1.29 is 21.6 Å². The topological polar surface area (TPSA) is 46.2 Å². The second-order valence-electron chi connectivity index (χ2n) is 4.30. The standard InChI is InChI=1S/C14H12F3NO2S/c15-14(16,17)10-18-21(19,20)13-9-5-4-8-12(13)11-6-2-1-3-7-11/h1-9,18H,10H2. The number of benzene rings is 2. The van der Waals surface area contributed by atoms with Gasteiger partial charge in [-0.15, -0.1) is 0 Å². The molecule has 0 atom stereocenters. The molecule has 0 fully saturated rings. The Hall–Kier alpha value is -1.86. The maximum Gasteiger partial charge on any atom is 0.402 e. The summed E-state index contributed by atoms with van der Waals surface area (Å²) in [6, 6.07) is 14.5. The minimum atomic E-state index is -4.60. The molecule has 1 N–H and O–H groups in total. The molecule has 112 valence electrons. The van der Waals surface area contributed by atoms with Crippen molar-refractivity contribution in [3.63, 3.8) is 0 Å². The lowest BCUT2D eigenvalue weighted by Gasteiger charge is -2.13. The molecule has 7 heteroatoms. The first-order valence-electron chi connectivity index (χ1n) is 6.00. The van der Waals surface area contributed by atoms with Crippen LogP contribution in [0.25, 0.3) is 11.1 Å². The number of rotatable bonds is 4. The van der Waals surface area contributed by atoms with Gasteiger partial charge in [0.05, 0.1) is 4.90 Å². The van der Waals surface area contributed by atoms with E-state index in [1.54, 1.807) is 47.2 Å². The van der Waals surface area contributed by atoms with Crippen LogP contribution < -0.4 is 4.72 Å². The minimum absolute atomic E-state index is 0.180. The summed E-state index contributed by atoms with van der Waals surface area (Å²) in [5.41, 5.74) is 0.971. The van der Waals surface area contributed by atoms with Crippen molar-refractivity contribution in [2.45, 2.75) is 11.1 Å². The second-order valence-corrected chi connectivity index (χ2v) is 6.04. The molecule has 0 saturated carbocycles. The number of hydrogen-bond donors (Lipinski definition) is 1. The highest BCUT2D eigenvalue weighted by Crippen LogP contribution is 2.27. The zero-order chi connectivity index (χ0) is 15.5. The Morgan fingerprint density at radius 2 is 1.48 bits per heavy atom. The third-order valence-corrected chi connectivity index (χ3v) is 4.18. The lowest BCUT2D eigenvalue weighted by molar-refractivity contribution is -0.121. The van der Waals surface area contributed by atoms with Crippen LogP contribution in [0.2, 0.25) is 0 Å². The molecule has 0 aromatic heterocycles. The van der Waals surface area contributed by atoms with Crippen molar-refractivity contribution in [3.05, 3.63) is 54.6 Å². The summed E-state index contributed by atoms with van der Waals surface area (Å²) in [6.07, 6.45) is -4.60. The Morgan fingerprint density at radius 3 is 2.10 bits per heavy atom. The lowest BCUT2D eigenvalue weighted by atomic mass is 10.1. The highest BCUT2D eigenvalue weighted by Gasteiger charge is 2.30. The van der Waals surface area contributed by atoms with Crippen LogP contribution in [0.15, 0.2) is 59.5 Å². The van der Waals surface area contributed by atoms with E-state index in [1.165, 1.54) is 12.1 Å². The summed E-state index contributed by atoms with van der Waals surface area (Å²) in [4.78, 5) is -0.180. The molecule has 0 aliphatic carbocycles. The van der Waals surface area contributed by atoms with Crippen molar-refractivity contribution in [1.82, 2.24) is 4.72 Å². The molecule has 0 radical (unpaired) electrons. The lowest BCUT2D eigenvalue weighted by Crippen LogP contribution is -2.34. The monoisotopic (exact) mass is 315 g/mol. The Morgan fingerprint density at radius 1 is 0.905 bits per heavy atom. The van der Waals surface area contributed by atoms with Crippen molar-refractivity contribution in [1.29, 1.82) is 0 Å². The van der Waals surface area contributed by atoms with E-state index < -0.39 is 22.7 Å². The average Bonchev–Trinajstić information content (AvgIpc) is 2.46. The molecular weight excluding hydrogens is 303 g/mol. The fourth-order valence-electron chi connectivity index (χ4n) is 1.81. The number of halogens is 3. The molecule has 0 saturated heterocycles. The molecule has 0 aliphatic heterocycles. The van der Waals surface area contributed by atoms with Crippen LogP contribution in [0, 0.1) is 0 Å². The van der Waals surface area contributed by atoms with Crippen LogP contribution in [0.5, 0.6) is 0 Å². The minimum Gasteiger partial charge on any atom is -0.207 e. The van der Waals surface area contributed by atoms with Crippen LogP contribution in [0.3, 0.4) is 0 Å². The predicted molar refractivity (Wildman–Crippen MR) is 73.1 cm³/mol. The predicted octanol–water partition coefficient (Wildman–Crippen LogP) is 3.19. The SMILES string of the molecule is O=S(=O)(NCC(F)(F)F)c1ccccc1-c1ccccc1. The molecule has 2 aromatic carbocycles. The zero-order valence-corrected chi connectivity index (χ0v) is 11.6. The highest BCUT2D eigenvalue weighted by atomic mass is 32.2. The molecule has 2 rings (SSSR count). The van der Waals surface area contributed by atoms with Crippen LogP contribution in [0.4, 0.5) is 13.2 Å². The smallest absolute Gasteiger partial charge is 0.207 e. The molecule has 0 heterocycles. The third kappa shape index (κ3) is 4.05. The van der Waals surface area contributed by atoms with Gasteiger partial charge >= 0.3 is 6.18 Å². The zero-order valence-electron chi connectivity index (χ0n) is 10.8. The van der Waals surface area contributed by atoms with Crippen molar-refractivity contribution >= 4 is 10.0 Å². The van der Waals surface area contributed by atoms with Crippen molar-refractivity contribution in [2.75, 3.05) is 6.54 Å². The van der Waals surface area contributed by atoms with Crippen molar-refractivity contribution in [2.24, 2.45) is 0 Å². The largest absolute Gasteiger partial charge is 0.402 e. The fourth-order valence-corrected chi connectivity index (χ4v) is 3.05. The van der Waals surface area contributed by atoms with E-state index in [4.69, 9.17) is 0 Å².